The maximum atomic E-state index is 12.4. The van der Waals surface area contributed by atoms with E-state index in [9.17, 15) is 14.7 Å². The van der Waals surface area contributed by atoms with Crippen LogP contribution in [0.1, 0.15) is 27.6 Å². The Kier molecular flexibility index (Phi) is 7.53. The Morgan fingerprint density at radius 1 is 1.03 bits per heavy atom. The third-order valence-corrected chi connectivity index (χ3v) is 4.70. The monoisotopic (exact) mass is 482 g/mol. The molecule has 0 aliphatic carbocycles. The fraction of sp³-hybridized carbons (Fsp3) is 0.0870. The third-order valence-electron chi connectivity index (χ3n) is 4.20. The highest BCUT2D eigenvalue weighted by Gasteiger charge is 2.16. The maximum Gasteiger partial charge on any atom is 0.343 e. The van der Waals surface area contributed by atoms with E-state index in [0.717, 1.165) is 4.47 Å². The summed E-state index contributed by atoms with van der Waals surface area (Å²) < 4.78 is 11.5. The Morgan fingerprint density at radius 2 is 1.81 bits per heavy atom. The van der Waals surface area contributed by atoms with Gasteiger partial charge in [0.15, 0.2) is 17.6 Å². The van der Waals surface area contributed by atoms with Gasteiger partial charge >= 0.3 is 5.97 Å². The molecule has 1 atom stereocenters. The minimum atomic E-state index is -1.33. The molecule has 1 amide bonds. The highest BCUT2D eigenvalue weighted by atomic mass is 79.9. The van der Waals surface area contributed by atoms with Crippen LogP contribution in [0.15, 0.2) is 82.4 Å². The lowest BCUT2D eigenvalue weighted by Crippen LogP contribution is -2.25. The SMILES string of the molecule is COc1cc(/C=N/NC(=O)C(O)c2ccccc2)ccc1OC(=O)c1cccc(Br)c1. The van der Waals surface area contributed by atoms with Crippen LogP contribution in [0.25, 0.3) is 0 Å². The van der Waals surface area contributed by atoms with Crippen LogP contribution in [-0.2, 0) is 4.79 Å². The van der Waals surface area contributed by atoms with Crippen LogP contribution < -0.4 is 14.9 Å². The van der Waals surface area contributed by atoms with Crippen molar-refractivity contribution in [3.63, 3.8) is 0 Å². The number of nitrogens with one attached hydrogen (secondary N) is 1. The fourth-order valence-electron chi connectivity index (χ4n) is 2.64. The van der Waals surface area contributed by atoms with E-state index in [4.69, 9.17) is 9.47 Å². The molecular formula is C23H19BrN2O5. The van der Waals surface area contributed by atoms with E-state index in [0.29, 0.717) is 22.4 Å². The molecule has 0 aromatic heterocycles. The van der Waals surface area contributed by atoms with Crippen molar-refractivity contribution in [1.82, 2.24) is 5.43 Å². The first-order chi connectivity index (χ1) is 15.0. The summed E-state index contributed by atoms with van der Waals surface area (Å²) in [6.07, 6.45) is 0.0607. The van der Waals surface area contributed by atoms with Crippen molar-refractivity contribution in [1.29, 1.82) is 0 Å². The Labute approximate surface area is 187 Å². The number of methoxy groups -OCH3 is 1. The van der Waals surface area contributed by atoms with Crippen molar-refractivity contribution in [3.8, 4) is 11.5 Å². The number of hydrogen-bond donors (Lipinski definition) is 2. The summed E-state index contributed by atoms with van der Waals surface area (Å²) in [5, 5.41) is 13.9. The summed E-state index contributed by atoms with van der Waals surface area (Å²) in [4.78, 5) is 24.4. The zero-order valence-corrected chi connectivity index (χ0v) is 18.1. The minimum absolute atomic E-state index is 0.244. The maximum absolute atomic E-state index is 12.4. The largest absolute Gasteiger partial charge is 0.493 e. The minimum Gasteiger partial charge on any atom is -0.493 e. The highest BCUT2D eigenvalue weighted by molar-refractivity contribution is 9.10. The number of amides is 1. The normalized spacial score (nSPS) is 11.7. The van der Waals surface area contributed by atoms with Crippen molar-refractivity contribution in [2.24, 2.45) is 5.10 Å². The van der Waals surface area contributed by atoms with Crippen molar-refractivity contribution < 1.29 is 24.2 Å². The quantitative estimate of drug-likeness (QED) is 0.230. The molecule has 1 unspecified atom stereocenters. The number of ether oxygens (including phenoxy) is 2. The van der Waals surface area contributed by atoms with Gasteiger partial charge in [0, 0.05) is 4.47 Å². The Morgan fingerprint density at radius 3 is 2.52 bits per heavy atom. The van der Waals surface area contributed by atoms with Gasteiger partial charge in [-0.05, 0) is 47.5 Å². The number of esters is 1. The number of aliphatic hydroxyl groups is 1. The number of carbonyl (C=O) groups is 2. The fourth-order valence-corrected chi connectivity index (χ4v) is 3.04. The topological polar surface area (TPSA) is 97.2 Å². The summed E-state index contributed by atoms with van der Waals surface area (Å²) in [5.41, 5.74) is 3.74. The number of hydrogen-bond acceptors (Lipinski definition) is 6. The molecule has 0 bridgehead atoms. The summed E-state index contributed by atoms with van der Waals surface area (Å²) in [5.74, 6) is -0.617. The van der Waals surface area contributed by atoms with Gasteiger partial charge in [-0.2, -0.15) is 5.10 Å². The van der Waals surface area contributed by atoms with Crippen LogP contribution in [0.4, 0.5) is 0 Å². The van der Waals surface area contributed by atoms with Gasteiger partial charge in [-0.25, -0.2) is 10.2 Å². The van der Waals surface area contributed by atoms with E-state index in [-0.39, 0.29) is 5.75 Å². The zero-order chi connectivity index (χ0) is 22.2. The molecule has 0 fully saturated rings. The summed E-state index contributed by atoms with van der Waals surface area (Å²) in [6.45, 7) is 0. The number of carbonyl (C=O) groups excluding carboxylic acids is 2. The lowest BCUT2D eigenvalue weighted by atomic mass is 10.1. The molecule has 0 aliphatic rings. The first-order valence-corrected chi connectivity index (χ1v) is 9.99. The standard InChI is InChI=1S/C23H19BrN2O5/c1-30-20-12-15(14-25-26-22(28)21(27)16-6-3-2-4-7-16)10-11-19(20)31-23(29)17-8-5-9-18(24)13-17/h2-14,21,27H,1H3,(H,26,28)/b25-14+. The predicted molar refractivity (Wildman–Crippen MR) is 119 cm³/mol. The predicted octanol–water partition coefficient (Wildman–Crippen LogP) is 3.86. The number of hydrazone groups is 1. The third kappa shape index (κ3) is 6.00. The molecule has 7 nitrogen and oxygen atoms in total. The second-order valence-electron chi connectivity index (χ2n) is 6.36. The molecule has 3 rings (SSSR count). The van der Waals surface area contributed by atoms with Gasteiger partial charge in [-0.1, -0.05) is 52.3 Å². The van der Waals surface area contributed by atoms with Gasteiger partial charge < -0.3 is 14.6 Å². The van der Waals surface area contributed by atoms with Gasteiger partial charge in [0.25, 0.3) is 5.91 Å². The second-order valence-corrected chi connectivity index (χ2v) is 7.27. The molecule has 3 aromatic rings. The van der Waals surface area contributed by atoms with Crippen molar-refractivity contribution in [3.05, 3.63) is 94.0 Å². The molecule has 158 valence electrons. The summed E-state index contributed by atoms with van der Waals surface area (Å²) >= 11 is 3.32. The smallest absolute Gasteiger partial charge is 0.343 e. The molecule has 2 N–H and O–H groups in total. The van der Waals surface area contributed by atoms with Crippen LogP contribution in [0.3, 0.4) is 0 Å². The van der Waals surface area contributed by atoms with E-state index in [1.165, 1.54) is 13.3 Å². The highest BCUT2D eigenvalue weighted by Crippen LogP contribution is 2.28. The molecule has 0 heterocycles. The lowest BCUT2D eigenvalue weighted by Gasteiger charge is -2.10. The summed E-state index contributed by atoms with van der Waals surface area (Å²) in [7, 11) is 1.45. The molecule has 0 spiro atoms. The number of rotatable bonds is 7. The molecule has 0 saturated carbocycles. The van der Waals surface area contributed by atoms with E-state index >= 15 is 0 Å². The van der Waals surface area contributed by atoms with Gasteiger partial charge in [0.2, 0.25) is 0 Å². The van der Waals surface area contributed by atoms with E-state index < -0.39 is 18.0 Å². The number of nitrogens with zero attached hydrogens (tertiary/aromatic N) is 1. The Balaban J connectivity index is 1.65. The van der Waals surface area contributed by atoms with E-state index in [1.54, 1.807) is 66.7 Å². The van der Waals surface area contributed by atoms with Crippen LogP contribution in [-0.4, -0.2) is 30.3 Å². The van der Waals surface area contributed by atoms with Crippen molar-refractivity contribution in [2.45, 2.75) is 6.10 Å². The van der Waals surface area contributed by atoms with E-state index in [2.05, 4.69) is 26.5 Å². The lowest BCUT2D eigenvalue weighted by molar-refractivity contribution is -0.129. The van der Waals surface area contributed by atoms with Gasteiger partial charge in [-0.15, -0.1) is 0 Å². The molecule has 0 aliphatic heterocycles. The molecule has 8 heteroatoms. The first kappa shape index (κ1) is 22.2. The van der Waals surface area contributed by atoms with Crippen molar-refractivity contribution >= 4 is 34.0 Å². The summed E-state index contributed by atoms with van der Waals surface area (Å²) in [6, 6.07) is 20.2. The van der Waals surface area contributed by atoms with Crippen LogP contribution in [0.2, 0.25) is 0 Å². The average molecular weight is 483 g/mol. The van der Waals surface area contributed by atoms with Crippen LogP contribution in [0.5, 0.6) is 11.5 Å². The second kappa shape index (κ2) is 10.5. The molecular weight excluding hydrogens is 464 g/mol. The molecule has 31 heavy (non-hydrogen) atoms. The van der Waals surface area contributed by atoms with Gasteiger partial charge in [0.05, 0.1) is 18.9 Å². The molecule has 3 aromatic carbocycles. The van der Waals surface area contributed by atoms with E-state index in [1.807, 2.05) is 6.07 Å². The Hall–Kier alpha value is -3.49. The number of benzene rings is 3. The van der Waals surface area contributed by atoms with Crippen molar-refractivity contribution in [2.75, 3.05) is 7.11 Å². The first-order valence-electron chi connectivity index (χ1n) is 9.19. The molecule has 0 radical (unpaired) electrons. The van der Waals surface area contributed by atoms with Crippen LogP contribution in [0, 0.1) is 0 Å². The van der Waals surface area contributed by atoms with Gasteiger partial charge in [-0.3, -0.25) is 4.79 Å². The average Bonchev–Trinajstić information content (AvgIpc) is 2.79. The number of aliphatic hydroxyl groups excluding tert-OH is 1. The van der Waals surface area contributed by atoms with Gasteiger partial charge in [0.1, 0.15) is 0 Å². The number of halogens is 1. The Bertz CT molecular complexity index is 1100. The molecule has 0 saturated heterocycles. The zero-order valence-electron chi connectivity index (χ0n) is 16.5. The van der Waals surface area contributed by atoms with Crippen LogP contribution >= 0.6 is 15.9 Å².